The molecule has 2 aromatic rings. The van der Waals surface area contributed by atoms with Crippen molar-refractivity contribution < 1.29 is 8.78 Å². The first-order valence-electron chi connectivity index (χ1n) is 4.50. The van der Waals surface area contributed by atoms with Gasteiger partial charge < -0.3 is 0 Å². The molecule has 0 aliphatic carbocycles. The van der Waals surface area contributed by atoms with Crippen molar-refractivity contribution in [1.29, 1.82) is 0 Å². The lowest BCUT2D eigenvalue weighted by atomic mass is 10.2. The molecule has 0 aliphatic rings. The number of hydrogen-bond acceptors (Lipinski definition) is 1. The van der Waals surface area contributed by atoms with Crippen LogP contribution in [0.15, 0.2) is 27.3 Å². The first-order valence-corrected chi connectivity index (χ1v) is 7.16. The average molecular weight is 478 g/mol. The van der Waals surface area contributed by atoms with E-state index in [1.807, 2.05) is 22.6 Å². The Kier molecular flexibility index (Phi) is 4.19. The van der Waals surface area contributed by atoms with Gasteiger partial charge in [0.2, 0.25) is 0 Å². The monoisotopic (exact) mass is 476 g/mol. The quantitative estimate of drug-likeness (QED) is 0.465. The van der Waals surface area contributed by atoms with Crippen LogP contribution in [-0.4, -0.2) is 9.78 Å². The summed E-state index contributed by atoms with van der Waals surface area (Å²) in [6.45, 7) is 0.0543. The second kappa shape index (κ2) is 5.31. The molecule has 0 saturated heterocycles. The van der Waals surface area contributed by atoms with Crippen LogP contribution in [0.5, 0.6) is 0 Å². The maximum Gasteiger partial charge on any atom is 0.145 e. The number of nitrogens with zero attached hydrogens (tertiary/aromatic N) is 2. The van der Waals surface area contributed by atoms with E-state index in [2.05, 4.69) is 37.0 Å². The third-order valence-corrected chi connectivity index (χ3v) is 4.87. The van der Waals surface area contributed by atoms with Gasteiger partial charge in [0.15, 0.2) is 0 Å². The summed E-state index contributed by atoms with van der Waals surface area (Å²) in [4.78, 5) is 0. The molecule has 0 spiro atoms. The van der Waals surface area contributed by atoms with Gasteiger partial charge in [-0.1, -0.05) is 0 Å². The molecule has 1 aromatic heterocycles. The number of benzene rings is 1. The Hall–Kier alpha value is -0.0200. The molecule has 0 radical (unpaired) electrons. The third kappa shape index (κ3) is 2.87. The van der Waals surface area contributed by atoms with Gasteiger partial charge in [-0.25, -0.2) is 8.78 Å². The first-order chi connectivity index (χ1) is 7.99. The van der Waals surface area contributed by atoms with E-state index in [9.17, 15) is 8.78 Å². The summed E-state index contributed by atoms with van der Waals surface area (Å²) in [7, 11) is 0. The Bertz CT molecular complexity index is 552. The number of halogens is 5. The molecule has 17 heavy (non-hydrogen) atoms. The molecule has 0 atom stereocenters. The standard InChI is InChI=1S/C10H5Br2F2IN2/c11-6-1-2-8(13)5(9(6)14)3-17-4-7(12)10(15)16-17/h1-2,4H,3H2. The zero-order chi connectivity index (χ0) is 12.6. The largest absolute Gasteiger partial charge is 0.266 e. The summed E-state index contributed by atoms with van der Waals surface area (Å²) in [5.74, 6) is -1.17. The zero-order valence-electron chi connectivity index (χ0n) is 8.22. The maximum absolute atomic E-state index is 13.7. The number of aromatic nitrogens is 2. The number of rotatable bonds is 2. The molecule has 0 aliphatic heterocycles. The van der Waals surface area contributed by atoms with E-state index in [0.717, 1.165) is 8.17 Å². The fourth-order valence-electron chi connectivity index (χ4n) is 1.33. The van der Waals surface area contributed by atoms with Crippen LogP contribution in [0, 0.1) is 15.3 Å². The zero-order valence-corrected chi connectivity index (χ0v) is 13.6. The predicted molar refractivity (Wildman–Crippen MR) is 75.8 cm³/mol. The van der Waals surface area contributed by atoms with Crippen LogP contribution in [0.3, 0.4) is 0 Å². The highest BCUT2D eigenvalue weighted by Crippen LogP contribution is 2.23. The summed E-state index contributed by atoms with van der Waals surface area (Å²) >= 11 is 8.36. The summed E-state index contributed by atoms with van der Waals surface area (Å²) < 4.78 is 30.5. The van der Waals surface area contributed by atoms with E-state index >= 15 is 0 Å². The highest BCUT2D eigenvalue weighted by atomic mass is 127. The van der Waals surface area contributed by atoms with Gasteiger partial charge in [0.1, 0.15) is 15.3 Å². The Morgan fingerprint density at radius 3 is 2.53 bits per heavy atom. The van der Waals surface area contributed by atoms with Crippen molar-refractivity contribution in [3.8, 4) is 0 Å². The van der Waals surface area contributed by atoms with E-state index in [-0.39, 0.29) is 16.6 Å². The van der Waals surface area contributed by atoms with Gasteiger partial charge in [-0.2, -0.15) is 5.10 Å². The minimum Gasteiger partial charge on any atom is -0.266 e. The fraction of sp³-hybridized carbons (Fsp3) is 0.100. The van der Waals surface area contributed by atoms with Gasteiger partial charge in [0, 0.05) is 11.8 Å². The van der Waals surface area contributed by atoms with Crippen LogP contribution in [-0.2, 0) is 6.54 Å². The minimum absolute atomic E-state index is 0.00854. The highest BCUT2D eigenvalue weighted by Gasteiger charge is 2.14. The molecule has 2 rings (SSSR count). The summed E-state index contributed by atoms with van der Waals surface area (Å²) in [6, 6.07) is 2.57. The second-order valence-corrected chi connectivity index (χ2v) is 6.02. The van der Waals surface area contributed by atoms with Gasteiger partial charge >= 0.3 is 0 Å². The molecular formula is C10H5Br2F2IN2. The lowest BCUT2D eigenvalue weighted by molar-refractivity contribution is 0.528. The van der Waals surface area contributed by atoms with Gasteiger partial charge in [-0.05, 0) is 66.6 Å². The fourth-order valence-corrected chi connectivity index (χ4v) is 2.43. The van der Waals surface area contributed by atoms with Gasteiger partial charge in [0.25, 0.3) is 0 Å². The van der Waals surface area contributed by atoms with Crippen LogP contribution in [0.1, 0.15) is 5.56 Å². The maximum atomic E-state index is 13.7. The van der Waals surface area contributed by atoms with Crippen molar-refractivity contribution in [3.63, 3.8) is 0 Å². The van der Waals surface area contributed by atoms with Crippen molar-refractivity contribution in [2.45, 2.75) is 6.54 Å². The van der Waals surface area contributed by atoms with Crippen LogP contribution in [0.2, 0.25) is 0 Å². The molecule has 0 unspecified atom stereocenters. The highest BCUT2D eigenvalue weighted by molar-refractivity contribution is 14.1. The van der Waals surface area contributed by atoms with Crippen LogP contribution >= 0.6 is 54.5 Å². The molecule has 1 heterocycles. The SMILES string of the molecule is Fc1ccc(Br)c(F)c1Cn1cc(Br)c(I)n1. The summed E-state index contributed by atoms with van der Waals surface area (Å²) in [5.41, 5.74) is -0.00854. The normalized spacial score (nSPS) is 10.9. The van der Waals surface area contributed by atoms with Crippen molar-refractivity contribution >= 4 is 54.5 Å². The van der Waals surface area contributed by atoms with Crippen molar-refractivity contribution in [2.75, 3.05) is 0 Å². The Morgan fingerprint density at radius 2 is 1.94 bits per heavy atom. The molecule has 2 nitrogen and oxygen atoms in total. The molecule has 0 amide bonds. The Balaban J connectivity index is 2.39. The van der Waals surface area contributed by atoms with E-state index in [1.165, 1.54) is 16.8 Å². The van der Waals surface area contributed by atoms with E-state index in [0.29, 0.717) is 0 Å². The molecule has 90 valence electrons. The molecule has 0 fully saturated rings. The van der Waals surface area contributed by atoms with Gasteiger partial charge in [0.05, 0.1) is 15.5 Å². The Labute approximate surface area is 127 Å². The van der Waals surface area contributed by atoms with Crippen molar-refractivity contribution in [1.82, 2.24) is 9.78 Å². The molecule has 1 aromatic carbocycles. The first kappa shape index (κ1) is 13.4. The van der Waals surface area contributed by atoms with Gasteiger partial charge in [-0.15, -0.1) is 0 Å². The topological polar surface area (TPSA) is 17.8 Å². The number of hydrogen-bond donors (Lipinski definition) is 0. The lowest BCUT2D eigenvalue weighted by Crippen LogP contribution is -2.06. The van der Waals surface area contributed by atoms with Crippen LogP contribution < -0.4 is 0 Å². The van der Waals surface area contributed by atoms with Crippen molar-refractivity contribution in [3.05, 3.63) is 48.2 Å². The smallest absolute Gasteiger partial charge is 0.145 e. The van der Waals surface area contributed by atoms with Crippen LogP contribution in [0.4, 0.5) is 8.78 Å². The predicted octanol–water partition coefficient (Wildman–Crippen LogP) is 4.34. The summed E-state index contributed by atoms with van der Waals surface area (Å²) in [6.07, 6.45) is 1.68. The second-order valence-electron chi connectivity index (χ2n) is 3.29. The van der Waals surface area contributed by atoms with E-state index in [1.54, 1.807) is 6.20 Å². The van der Waals surface area contributed by atoms with Gasteiger partial charge in [-0.3, -0.25) is 4.68 Å². The summed E-state index contributed by atoms with van der Waals surface area (Å²) in [5, 5.41) is 4.13. The molecule has 0 saturated carbocycles. The molecule has 0 N–H and O–H groups in total. The average Bonchev–Trinajstić information content (AvgIpc) is 2.59. The molecule has 7 heteroatoms. The van der Waals surface area contributed by atoms with E-state index in [4.69, 9.17) is 0 Å². The molecule has 0 bridgehead atoms. The lowest BCUT2D eigenvalue weighted by Gasteiger charge is -2.06. The molecular weight excluding hydrogens is 473 g/mol. The Morgan fingerprint density at radius 1 is 1.24 bits per heavy atom. The van der Waals surface area contributed by atoms with E-state index < -0.39 is 11.6 Å². The third-order valence-electron chi connectivity index (χ3n) is 2.13. The minimum atomic E-state index is -0.591. The van der Waals surface area contributed by atoms with Crippen LogP contribution in [0.25, 0.3) is 0 Å². The van der Waals surface area contributed by atoms with Crippen molar-refractivity contribution in [2.24, 2.45) is 0 Å².